The Balaban J connectivity index is 1.82. The molecule has 0 atom stereocenters. The molecule has 1 aromatic carbocycles. The Morgan fingerprint density at radius 1 is 1.50 bits per heavy atom. The quantitative estimate of drug-likeness (QED) is 0.527. The molecule has 0 unspecified atom stereocenters. The summed E-state index contributed by atoms with van der Waals surface area (Å²) >= 11 is 0. The van der Waals surface area contributed by atoms with Gasteiger partial charge in [0.05, 0.1) is 6.21 Å². The molecule has 0 spiro atoms. The summed E-state index contributed by atoms with van der Waals surface area (Å²) in [6, 6.07) is 8.21. The highest BCUT2D eigenvalue weighted by molar-refractivity contribution is 5.79. The fourth-order valence-corrected chi connectivity index (χ4v) is 1.28. The third kappa shape index (κ3) is 2.87. The van der Waals surface area contributed by atoms with Gasteiger partial charge in [-0.15, -0.1) is 0 Å². The van der Waals surface area contributed by atoms with E-state index in [4.69, 9.17) is 4.84 Å². The number of aryl methyl sites for hydroxylation is 1. The molecule has 0 bridgehead atoms. The summed E-state index contributed by atoms with van der Waals surface area (Å²) in [6.45, 7) is 2.85. The molecular weight excluding hydrogens is 174 g/mol. The van der Waals surface area contributed by atoms with Gasteiger partial charge in [0, 0.05) is 0 Å². The highest BCUT2D eigenvalue weighted by Crippen LogP contribution is 2.28. The van der Waals surface area contributed by atoms with Crippen LogP contribution < -0.4 is 0 Å². The molecular formula is C12H15NO. The highest BCUT2D eigenvalue weighted by Gasteiger charge is 2.21. The zero-order chi connectivity index (χ0) is 9.80. The number of rotatable bonds is 4. The van der Waals surface area contributed by atoms with Crippen LogP contribution in [0.25, 0.3) is 0 Å². The van der Waals surface area contributed by atoms with Gasteiger partial charge in [-0.05, 0) is 31.2 Å². The molecule has 0 saturated heterocycles. The highest BCUT2D eigenvalue weighted by atomic mass is 16.6. The molecule has 14 heavy (non-hydrogen) atoms. The van der Waals surface area contributed by atoms with Crippen molar-refractivity contribution in [3.63, 3.8) is 0 Å². The van der Waals surface area contributed by atoms with Crippen molar-refractivity contribution in [1.29, 1.82) is 0 Å². The first kappa shape index (κ1) is 9.25. The van der Waals surface area contributed by atoms with Gasteiger partial charge in [-0.2, -0.15) is 0 Å². The number of hydrogen-bond donors (Lipinski definition) is 0. The zero-order valence-corrected chi connectivity index (χ0v) is 8.44. The minimum Gasteiger partial charge on any atom is -0.396 e. The molecule has 0 radical (unpaired) electrons. The van der Waals surface area contributed by atoms with Crippen molar-refractivity contribution >= 4 is 6.21 Å². The van der Waals surface area contributed by atoms with Gasteiger partial charge in [0.15, 0.2) is 0 Å². The maximum Gasteiger partial charge on any atom is 0.120 e. The van der Waals surface area contributed by atoms with Gasteiger partial charge < -0.3 is 4.84 Å². The SMILES string of the molecule is Cc1cccc(/C=N/OCC2CC2)c1. The number of benzene rings is 1. The second-order valence-electron chi connectivity index (χ2n) is 3.89. The Labute approximate surface area is 84.6 Å². The average molecular weight is 189 g/mol. The first-order valence-electron chi connectivity index (χ1n) is 5.06. The maximum absolute atomic E-state index is 5.17. The minimum absolute atomic E-state index is 0.768. The zero-order valence-electron chi connectivity index (χ0n) is 8.44. The van der Waals surface area contributed by atoms with Crippen molar-refractivity contribution in [1.82, 2.24) is 0 Å². The summed E-state index contributed by atoms with van der Waals surface area (Å²) in [5.41, 5.74) is 2.34. The summed E-state index contributed by atoms with van der Waals surface area (Å²) in [4.78, 5) is 5.17. The van der Waals surface area contributed by atoms with Crippen LogP contribution in [-0.4, -0.2) is 12.8 Å². The third-order valence-electron chi connectivity index (χ3n) is 2.33. The van der Waals surface area contributed by atoms with Crippen LogP contribution in [0.4, 0.5) is 0 Å². The van der Waals surface area contributed by atoms with Gasteiger partial charge in [0.2, 0.25) is 0 Å². The van der Waals surface area contributed by atoms with Crippen molar-refractivity contribution < 1.29 is 4.84 Å². The first-order valence-corrected chi connectivity index (χ1v) is 5.06. The molecule has 0 heterocycles. The molecule has 1 aliphatic carbocycles. The normalized spacial score (nSPS) is 16.1. The molecule has 1 aromatic rings. The van der Waals surface area contributed by atoms with E-state index in [-0.39, 0.29) is 0 Å². The van der Waals surface area contributed by atoms with E-state index in [1.165, 1.54) is 18.4 Å². The van der Waals surface area contributed by atoms with Crippen molar-refractivity contribution in [3.05, 3.63) is 35.4 Å². The lowest BCUT2D eigenvalue weighted by Crippen LogP contribution is -1.90. The lowest BCUT2D eigenvalue weighted by molar-refractivity contribution is 0.135. The first-order chi connectivity index (χ1) is 6.84. The molecule has 2 heteroatoms. The van der Waals surface area contributed by atoms with Crippen molar-refractivity contribution in [2.45, 2.75) is 19.8 Å². The van der Waals surface area contributed by atoms with Gasteiger partial charge >= 0.3 is 0 Å². The van der Waals surface area contributed by atoms with Crippen LogP contribution in [0.2, 0.25) is 0 Å². The lowest BCUT2D eigenvalue weighted by Gasteiger charge is -1.96. The van der Waals surface area contributed by atoms with E-state index in [1.54, 1.807) is 6.21 Å². The summed E-state index contributed by atoms with van der Waals surface area (Å²) in [5.74, 6) is 0.768. The van der Waals surface area contributed by atoms with Crippen LogP contribution in [0.15, 0.2) is 29.4 Å². The summed E-state index contributed by atoms with van der Waals surface area (Å²) in [6.07, 6.45) is 4.38. The van der Waals surface area contributed by atoms with Crippen LogP contribution in [0.5, 0.6) is 0 Å². The van der Waals surface area contributed by atoms with Gasteiger partial charge in [0.1, 0.15) is 6.61 Å². The van der Waals surface area contributed by atoms with Crippen molar-refractivity contribution in [2.75, 3.05) is 6.61 Å². The van der Waals surface area contributed by atoms with Gasteiger partial charge in [0.25, 0.3) is 0 Å². The Morgan fingerprint density at radius 3 is 3.07 bits per heavy atom. The molecule has 0 N–H and O–H groups in total. The molecule has 2 rings (SSSR count). The number of oxime groups is 1. The van der Waals surface area contributed by atoms with Crippen LogP contribution >= 0.6 is 0 Å². The van der Waals surface area contributed by atoms with Crippen LogP contribution in [-0.2, 0) is 4.84 Å². The molecule has 74 valence electrons. The van der Waals surface area contributed by atoms with Crippen LogP contribution in [0.1, 0.15) is 24.0 Å². The largest absolute Gasteiger partial charge is 0.396 e. The molecule has 1 aliphatic rings. The van der Waals surface area contributed by atoms with Crippen molar-refractivity contribution in [2.24, 2.45) is 11.1 Å². The lowest BCUT2D eigenvalue weighted by atomic mass is 10.2. The second-order valence-corrected chi connectivity index (χ2v) is 3.89. The average Bonchev–Trinajstić information content (AvgIpc) is 2.96. The van der Waals surface area contributed by atoms with E-state index in [1.807, 2.05) is 12.1 Å². The Kier molecular flexibility index (Phi) is 2.82. The summed E-state index contributed by atoms with van der Waals surface area (Å²) in [5, 5.41) is 3.94. The Hall–Kier alpha value is -1.31. The topological polar surface area (TPSA) is 21.6 Å². The van der Waals surface area contributed by atoms with E-state index in [0.717, 1.165) is 18.1 Å². The van der Waals surface area contributed by atoms with E-state index < -0.39 is 0 Å². The summed E-state index contributed by atoms with van der Waals surface area (Å²) < 4.78 is 0. The standard InChI is InChI=1S/C12H15NO/c1-10-3-2-4-12(7-10)8-13-14-9-11-5-6-11/h2-4,7-8,11H,5-6,9H2,1H3/b13-8+. The predicted octanol–water partition coefficient (Wildman–Crippen LogP) is 2.76. The molecule has 1 fully saturated rings. The van der Waals surface area contributed by atoms with E-state index in [2.05, 4.69) is 24.2 Å². The Bertz CT molecular complexity index is 329. The van der Waals surface area contributed by atoms with Crippen LogP contribution in [0.3, 0.4) is 0 Å². The fourth-order valence-electron chi connectivity index (χ4n) is 1.28. The minimum atomic E-state index is 0.768. The molecule has 2 nitrogen and oxygen atoms in total. The second kappa shape index (κ2) is 4.27. The molecule has 0 amide bonds. The smallest absolute Gasteiger partial charge is 0.120 e. The molecule has 0 aliphatic heterocycles. The van der Waals surface area contributed by atoms with Crippen LogP contribution in [0, 0.1) is 12.8 Å². The van der Waals surface area contributed by atoms with E-state index in [9.17, 15) is 0 Å². The predicted molar refractivity (Wildman–Crippen MR) is 57.4 cm³/mol. The molecule has 0 aromatic heterocycles. The number of hydrogen-bond acceptors (Lipinski definition) is 2. The number of nitrogens with zero attached hydrogens (tertiary/aromatic N) is 1. The fraction of sp³-hybridized carbons (Fsp3) is 0.417. The van der Waals surface area contributed by atoms with Crippen molar-refractivity contribution in [3.8, 4) is 0 Å². The van der Waals surface area contributed by atoms with E-state index in [0.29, 0.717) is 0 Å². The Morgan fingerprint density at radius 2 is 2.36 bits per heavy atom. The van der Waals surface area contributed by atoms with Gasteiger partial charge in [-0.25, -0.2) is 0 Å². The molecule has 1 saturated carbocycles. The van der Waals surface area contributed by atoms with Gasteiger partial charge in [-0.3, -0.25) is 0 Å². The monoisotopic (exact) mass is 189 g/mol. The van der Waals surface area contributed by atoms with E-state index >= 15 is 0 Å². The maximum atomic E-state index is 5.17. The third-order valence-corrected chi connectivity index (χ3v) is 2.33. The van der Waals surface area contributed by atoms with Gasteiger partial charge in [-0.1, -0.05) is 35.0 Å². The summed E-state index contributed by atoms with van der Waals surface area (Å²) in [7, 11) is 0.